The van der Waals surface area contributed by atoms with Gasteiger partial charge in [-0.3, -0.25) is 4.90 Å². The van der Waals surface area contributed by atoms with Crippen molar-refractivity contribution in [3.63, 3.8) is 0 Å². The first-order valence-corrected chi connectivity index (χ1v) is 9.02. The molecule has 1 fully saturated rings. The summed E-state index contributed by atoms with van der Waals surface area (Å²) in [6.07, 6.45) is 0. The first kappa shape index (κ1) is 16.2. The van der Waals surface area contributed by atoms with Gasteiger partial charge in [-0.2, -0.15) is 4.31 Å². The van der Waals surface area contributed by atoms with Gasteiger partial charge in [-0.1, -0.05) is 11.6 Å². The molecule has 1 aliphatic heterocycles. The van der Waals surface area contributed by atoms with Gasteiger partial charge in [0.2, 0.25) is 0 Å². The van der Waals surface area contributed by atoms with Crippen molar-refractivity contribution in [3.8, 4) is 0 Å². The van der Waals surface area contributed by atoms with E-state index in [4.69, 9.17) is 11.6 Å². The predicted molar refractivity (Wildman–Crippen MR) is 80.8 cm³/mol. The molecular formula is C12H19ClN2O3S2. The van der Waals surface area contributed by atoms with Crippen LogP contribution in [0.25, 0.3) is 0 Å². The Morgan fingerprint density at radius 2 is 1.90 bits per heavy atom. The molecule has 1 N–H and O–H groups in total. The number of hydrogen-bond donors (Lipinski definition) is 1. The summed E-state index contributed by atoms with van der Waals surface area (Å²) in [5, 5.41) is 9.79. The van der Waals surface area contributed by atoms with Crippen LogP contribution in [-0.4, -0.2) is 61.1 Å². The lowest BCUT2D eigenvalue weighted by Crippen LogP contribution is -2.51. The van der Waals surface area contributed by atoms with Gasteiger partial charge in [0.05, 0.1) is 9.94 Å². The number of β-amino-alcohol motifs (C(OH)–C–C–N with tert-alkyl or cyclic N) is 1. The molecule has 114 valence electrons. The molecular weight excluding hydrogens is 320 g/mol. The van der Waals surface area contributed by atoms with Gasteiger partial charge in [0, 0.05) is 32.7 Å². The summed E-state index contributed by atoms with van der Waals surface area (Å²) in [6.45, 7) is 6.19. The highest BCUT2D eigenvalue weighted by Gasteiger charge is 2.30. The number of halogens is 1. The summed E-state index contributed by atoms with van der Waals surface area (Å²) < 4.78 is 27.1. The highest BCUT2D eigenvalue weighted by molar-refractivity contribution is 7.91. The van der Waals surface area contributed by atoms with Crippen LogP contribution in [0.3, 0.4) is 0 Å². The largest absolute Gasteiger partial charge is 0.389 e. The number of hydrogen-bond acceptors (Lipinski definition) is 5. The second kappa shape index (κ2) is 5.90. The molecule has 1 aliphatic rings. The molecule has 0 bridgehead atoms. The Morgan fingerprint density at radius 3 is 2.35 bits per heavy atom. The Kier molecular flexibility index (Phi) is 4.78. The van der Waals surface area contributed by atoms with Gasteiger partial charge < -0.3 is 5.11 Å². The zero-order valence-corrected chi connectivity index (χ0v) is 13.9. The van der Waals surface area contributed by atoms with E-state index < -0.39 is 15.6 Å². The van der Waals surface area contributed by atoms with Crippen molar-refractivity contribution >= 4 is 33.0 Å². The molecule has 0 amide bonds. The van der Waals surface area contributed by atoms with Crippen LogP contribution in [0.5, 0.6) is 0 Å². The van der Waals surface area contributed by atoms with Crippen LogP contribution < -0.4 is 0 Å². The smallest absolute Gasteiger partial charge is 0.252 e. The molecule has 2 rings (SSSR count). The SMILES string of the molecule is CC(C)(O)CN1CCN(S(=O)(=O)c2ccc(Cl)s2)CC1. The zero-order valence-electron chi connectivity index (χ0n) is 11.5. The van der Waals surface area contributed by atoms with E-state index in [1.807, 2.05) is 0 Å². The first-order valence-electron chi connectivity index (χ1n) is 6.39. The van der Waals surface area contributed by atoms with Crippen LogP contribution in [0.2, 0.25) is 4.34 Å². The Labute approximate surface area is 128 Å². The van der Waals surface area contributed by atoms with Crippen LogP contribution in [-0.2, 0) is 10.0 Å². The van der Waals surface area contributed by atoms with Crippen molar-refractivity contribution in [2.45, 2.75) is 23.7 Å². The van der Waals surface area contributed by atoms with Crippen molar-refractivity contribution in [2.75, 3.05) is 32.7 Å². The highest BCUT2D eigenvalue weighted by atomic mass is 35.5. The minimum absolute atomic E-state index is 0.290. The number of sulfonamides is 1. The third-order valence-electron chi connectivity index (χ3n) is 3.08. The van der Waals surface area contributed by atoms with Gasteiger partial charge >= 0.3 is 0 Å². The van der Waals surface area contributed by atoms with Gasteiger partial charge in [-0.25, -0.2) is 8.42 Å². The molecule has 2 heterocycles. The van der Waals surface area contributed by atoms with Gasteiger partial charge in [0.15, 0.2) is 0 Å². The Bertz CT molecular complexity index is 558. The predicted octanol–water partition coefficient (Wildman–Crippen LogP) is 1.48. The van der Waals surface area contributed by atoms with Crippen LogP contribution >= 0.6 is 22.9 Å². The standard InChI is InChI=1S/C12H19ClN2O3S2/c1-12(2,16)9-14-5-7-15(8-6-14)20(17,18)11-4-3-10(13)19-11/h3-4,16H,5-9H2,1-2H3. The molecule has 1 saturated heterocycles. The maximum absolute atomic E-state index is 12.4. The van der Waals surface area contributed by atoms with Crippen LogP contribution in [0.4, 0.5) is 0 Å². The average Bonchev–Trinajstić information content (AvgIpc) is 2.75. The van der Waals surface area contributed by atoms with Crippen molar-refractivity contribution in [3.05, 3.63) is 16.5 Å². The van der Waals surface area contributed by atoms with E-state index in [9.17, 15) is 13.5 Å². The average molecular weight is 339 g/mol. The third kappa shape index (κ3) is 3.93. The second-order valence-corrected chi connectivity index (χ2v) is 9.43. The molecule has 0 aliphatic carbocycles. The van der Waals surface area contributed by atoms with E-state index in [0.717, 1.165) is 11.3 Å². The molecule has 20 heavy (non-hydrogen) atoms. The number of thiophene rings is 1. The lowest BCUT2D eigenvalue weighted by atomic mass is 10.1. The summed E-state index contributed by atoms with van der Waals surface area (Å²) in [5.41, 5.74) is -0.762. The van der Waals surface area contributed by atoms with Crippen LogP contribution in [0.15, 0.2) is 16.3 Å². The molecule has 0 aromatic carbocycles. The fourth-order valence-electron chi connectivity index (χ4n) is 2.24. The number of nitrogens with zero attached hydrogens (tertiary/aromatic N) is 2. The molecule has 0 unspecified atom stereocenters. The van der Waals surface area contributed by atoms with Crippen molar-refractivity contribution < 1.29 is 13.5 Å². The summed E-state index contributed by atoms with van der Waals surface area (Å²) >= 11 is 6.88. The van der Waals surface area contributed by atoms with Crippen molar-refractivity contribution in [2.24, 2.45) is 0 Å². The maximum atomic E-state index is 12.4. The van der Waals surface area contributed by atoms with E-state index in [1.54, 1.807) is 26.0 Å². The quantitative estimate of drug-likeness (QED) is 0.903. The summed E-state index contributed by atoms with van der Waals surface area (Å²) in [7, 11) is -3.43. The molecule has 1 aromatic rings. The fourth-order valence-corrected chi connectivity index (χ4v) is 5.30. The number of aliphatic hydroxyl groups is 1. The van der Waals surface area contributed by atoms with Gasteiger partial charge in [-0.15, -0.1) is 11.3 Å². The Hall–Kier alpha value is -0.180. The minimum atomic E-state index is -3.43. The maximum Gasteiger partial charge on any atom is 0.252 e. The minimum Gasteiger partial charge on any atom is -0.389 e. The summed E-state index contributed by atoms with van der Waals surface area (Å²) in [4.78, 5) is 2.08. The molecule has 0 saturated carbocycles. The van der Waals surface area contributed by atoms with Gasteiger partial charge in [-0.05, 0) is 26.0 Å². The molecule has 1 aromatic heterocycles. The van der Waals surface area contributed by atoms with Crippen molar-refractivity contribution in [1.29, 1.82) is 0 Å². The second-order valence-electron chi connectivity index (χ2n) is 5.55. The van der Waals surface area contributed by atoms with E-state index in [0.29, 0.717) is 41.3 Å². The molecule has 0 spiro atoms. The third-order valence-corrected chi connectivity index (χ3v) is 6.68. The fraction of sp³-hybridized carbons (Fsp3) is 0.667. The molecule has 0 atom stereocenters. The summed E-state index contributed by atoms with van der Waals surface area (Å²) in [5.74, 6) is 0. The van der Waals surface area contributed by atoms with Gasteiger partial charge in [0.1, 0.15) is 4.21 Å². The van der Waals surface area contributed by atoms with Crippen LogP contribution in [0.1, 0.15) is 13.8 Å². The number of piperazine rings is 1. The van der Waals surface area contributed by atoms with Gasteiger partial charge in [0.25, 0.3) is 10.0 Å². The molecule has 8 heteroatoms. The normalized spacial score (nSPS) is 19.4. The lowest BCUT2D eigenvalue weighted by molar-refractivity contribution is 0.0263. The lowest BCUT2D eigenvalue weighted by Gasteiger charge is -2.36. The van der Waals surface area contributed by atoms with E-state index >= 15 is 0 Å². The van der Waals surface area contributed by atoms with Crippen LogP contribution in [0, 0.1) is 0 Å². The Morgan fingerprint density at radius 1 is 1.30 bits per heavy atom. The van der Waals surface area contributed by atoms with E-state index in [-0.39, 0.29) is 0 Å². The summed E-state index contributed by atoms with van der Waals surface area (Å²) in [6, 6.07) is 3.15. The first-order chi connectivity index (χ1) is 9.18. The topological polar surface area (TPSA) is 60.9 Å². The molecule has 5 nitrogen and oxygen atoms in total. The van der Waals surface area contributed by atoms with E-state index in [2.05, 4.69) is 4.90 Å². The monoisotopic (exact) mass is 338 g/mol. The molecule has 0 radical (unpaired) electrons. The number of rotatable bonds is 4. The van der Waals surface area contributed by atoms with Crippen molar-refractivity contribution in [1.82, 2.24) is 9.21 Å². The highest BCUT2D eigenvalue weighted by Crippen LogP contribution is 2.28. The van der Waals surface area contributed by atoms with E-state index in [1.165, 1.54) is 4.31 Å². The zero-order chi connectivity index (χ0) is 15.0. The Balaban J connectivity index is 2.00.